The normalized spacial score (nSPS) is 23.5. The van der Waals surface area contributed by atoms with Crippen molar-refractivity contribution < 1.29 is 0 Å². The zero-order valence-electron chi connectivity index (χ0n) is 12.2. The van der Waals surface area contributed by atoms with E-state index < -0.39 is 0 Å². The molecule has 1 aliphatic heterocycles. The summed E-state index contributed by atoms with van der Waals surface area (Å²) in [6, 6.07) is 9.27. The lowest BCUT2D eigenvalue weighted by atomic mass is 9.87. The van der Waals surface area contributed by atoms with Crippen LogP contribution in [0.25, 0.3) is 0 Å². The summed E-state index contributed by atoms with van der Waals surface area (Å²) in [7, 11) is 0. The van der Waals surface area contributed by atoms with Gasteiger partial charge in [0.25, 0.3) is 0 Å². The van der Waals surface area contributed by atoms with Crippen molar-refractivity contribution in [1.29, 1.82) is 0 Å². The molecule has 1 aliphatic rings. The topological polar surface area (TPSA) is 15.3 Å². The van der Waals surface area contributed by atoms with Crippen molar-refractivity contribution in [3.8, 4) is 0 Å². The minimum absolute atomic E-state index is 0.314. The van der Waals surface area contributed by atoms with E-state index in [2.05, 4.69) is 71.2 Å². The van der Waals surface area contributed by atoms with Crippen LogP contribution in [-0.2, 0) is 6.54 Å². The molecule has 0 aromatic heterocycles. The Balaban J connectivity index is 2.18. The van der Waals surface area contributed by atoms with Gasteiger partial charge in [-0.3, -0.25) is 4.90 Å². The molecule has 1 fully saturated rings. The predicted octanol–water partition coefficient (Wildman–Crippen LogP) is 3.80. The van der Waals surface area contributed by atoms with E-state index in [1.54, 1.807) is 0 Å². The first kappa shape index (κ1) is 15.0. The molecule has 1 N–H and O–H groups in total. The monoisotopic (exact) mass is 324 g/mol. The molecule has 1 aromatic carbocycles. The summed E-state index contributed by atoms with van der Waals surface area (Å²) in [5.74, 6) is 0. The second-order valence-electron chi connectivity index (χ2n) is 5.72. The summed E-state index contributed by atoms with van der Waals surface area (Å²) in [5.41, 5.74) is 1.71. The summed E-state index contributed by atoms with van der Waals surface area (Å²) in [5, 5.41) is 3.65. The molecule has 0 radical (unpaired) electrons. The van der Waals surface area contributed by atoms with Gasteiger partial charge in [-0.25, -0.2) is 0 Å². The molecule has 1 atom stereocenters. The highest BCUT2D eigenvalue weighted by molar-refractivity contribution is 9.10. The Labute approximate surface area is 125 Å². The lowest BCUT2D eigenvalue weighted by Crippen LogP contribution is -2.63. The van der Waals surface area contributed by atoms with Gasteiger partial charge in [-0.1, -0.05) is 41.9 Å². The van der Waals surface area contributed by atoms with Crippen molar-refractivity contribution in [2.24, 2.45) is 0 Å². The van der Waals surface area contributed by atoms with E-state index >= 15 is 0 Å². The minimum atomic E-state index is 0.314. The molecule has 19 heavy (non-hydrogen) atoms. The van der Waals surface area contributed by atoms with Gasteiger partial charge in [-0.15, -0.1) is 0 Å². The van der Waals surface area contributed by atoms with E-state index in [0.717, 1.165) is 19.6 Å². The average molecular weight is 325 g/mol. The van der Waals surface area contributed by atoms with Crippen LogP contribution in [0.1, 0.15) is 39.2 Å². The Morgan fingerprint density at radius 3 is 2.74 bits per heavy atom. The van der Waals surface area contributed by atoms with E-state index in [1.165, 1.54) is 22.9 Å². The zero-order valence-corrected chi connectivity index (χ0v) is 13.8. The summed E-state index contributed by atoms with van der Waals surface area (Å²) >= 11 is 3.57. The van der Waals surface area contributed by atoms with Gasteiger partial charge in [0.15, 0.2) is 0 Å². The van der Waals surface area contributed by atoms with Crippen LogP contribution in [0.4, 0.5) is 0 Å². The van der Waals surface area contributed by atoms with Gasteiger partial charge >= 0.3 is 0 Å². The second kappa shape index (κ2) is 6.38. The van der Waals surface area contributed by atoms with Crippen LogP contribution < -0.4 is 5.32 Å². The molecule has 0 bridgehead atoms. The molecule has 1 unspecified atom stereocenters. The summed E-state index contributed by atoms with van der Waals surface area (Å²) < 4.78 is 1.17. The van der Waals surface area contributed by atoms with Crippen molar-refractivity contribution in [2.45, 2.75) is 51.7 Å². The number of nitrogens with zero attached hydrogens (tertiary/aromatic N) is 1. The fourth-order valence-electron chi connectivity index (χ4n) is 3.10. The Bertz CT molecular complexity index is 415. The number of nitrogens with one attached hydrogen (secondary N) is 1. The average Bonchev–Trinajstić information content (AvgIpc) is 2.40. The van der Waals surface area contributed by atoms with Gasteiger partial charge in [0.05, 0.1) is 0 Å². The van der Waals surface area contributed by atoms with Gasteiger partial charge in [-0.2, -0.15) is 0 Å². The predicted molar refractivity (Wildman–Crippen MR) is 85.3 cm³/mol. The third-order valence-electron chi connectivity index (χ3n) is 4.52. The van der Waals surface area contributed by atoms with E-state index in [-0.39, 0.29) is 0 Å². The first-order chi connectivity index (χ1) is 9.09. The van der Waals surface area contributed by atoms with Crippen molar-refractivity contribution in [3.63, 3.8) is 0 Å². The van der Waals surface area contributed by atoms with Crippen LogP contribution in [0.3, 0.4) is 0 Å². The quantitative estimate of drug-likeness (QED) is 0.906. The first-order valence-electron chi connectivity index (χ1n) is 7.32. The maximum atomic E-state index is 3.65. The van der Waals surface area contributed by atoms with Gasteiger partial charge in [0, 0.05) is 35.7 Å². The van der Waals surface area contributed by atoms with Gasteiger partial charge in [-0.05, 0) is 37.5 Å². The summed E-state index contributed by atoms with van der Waals surface area (Å²) in [6.07, 6.45) is 2.41. The molecule has 3 heteroatoms. The lowest BCUT2D eigenvalue weighted by Gasteiger charge is -2.49. The van der Waals surface area contributed by atoms with Crippen LogP contribution in [-0.4, -0.2) is 29.6 Å². The van der Waals surface area contributed by atoms with E-state index in [4.69, 9.17) is 0 Å². The number of hydrogen-bond acceptors (Lipinski definition) is 2. The highest BCUT2D eigenvalue weighted by atomic mass is 79.9. The Kier molecular flexibility index (Phi) is 5.04. The molecular formula is C16H25BrN2. The number of benzene rings is 1. The van der Waals surface area contributed by atoms with Crippen molar-refractivity contribution in [1.82, 2.24) is 10.2 Å². The van der Waals surface area contributed by atoms with E-state index in [0.29, 0.717) is 11.6 Å². The van der Waals surface area contributed by atoms with Gasteiger partial charge in [0.2, 0.25) is 0 Å². The molecular weight excluding hydrogens is 300 g/mol. The van der Waals surface area contributed by atoms with Crippen LogP contribution in [0, 0.1) is 0 Å². The van der Waals surface area contributed by atoms with E-state index in [9.17, 15) is 0 Å². The largest absolute Gasteiger partial charge is 0.311 e. The molecule has 1 aromatic rings. The molecule has 1 heterocycles. The standard InChI is InChI=1S/C16H25BrN2/c1-4-16(5-2)12-18-13(3)10-19(16)11-14-7-6-8-15(17)9-14/h6-9,13,18H,4-5,10-12H2,1-3H3. The maximum Gasteiger partial charge on any atom is 0.0333 e. The highest BCUT2D eigenvalue weighted by Gasteiger charge is 2.37. The van der Waals surface area contributed by atoms with Crippen molar-refractivity contribution >= 4 is 15.9 Å². The highest BCUT2D eigenvalue weighted by Crippen LogP contribution is 2.29. The molecule has 2 rings (SSSR count). The Morgan fingerprint density at radius 1 is 1.37 bits per heavy atom. The molecule has 0 amide bonds. The molecule has 0 spiro atoms. The second-order valence-corrected chi connectivity index (χ2v) is 6.64. The van der Waals surface area contributed by atoms with Crippen molar-refractivity contribution in [3.05, 3.63) is 34.3 Å². The Hall–Kier alpha value is -0.380. The van der Waals surface area contributed by atoms with Crippen LogP contribution in [0.15, 0.2) is 28.7 Å². The van der Waals surface area contributed by atoms with E-state index in [1.807, 2.05) is 0 Å². The molecule has 0 aliphatic carbocycles. The lowest BCUT2D eigenvalue weighted by molar-refractivity contribution is 0.0278. The third kappa shape index (κ3) is 3.39. The zero-order chi connectivity index (χ0) is 13.9. The third-order valence-corrected chi connectivity index (χ3v) is 5.02. The number of halogens is 1. The number of piperazine rings is 1. The summed E-state index contributed by atoms with van der Waals surface area (Å²) in [4.78, 5) is 2.68. The van der Waals surface area contributed by atoms with Crippen LogP contribution in [0.5, 0.6) is 0 Å². The van der Waals surface area contributed by atoms with Crippen LogP contribution in [0.2, 0.25) is 0 Å². The minimum Gasteiger partial charge on any atom is -0.311 e. The fourth-order valence-corrected chi connectivity index (χ4v) is 3.55. The number of rotatable bonds is 4. The van der Waals surface area contributed by atoms with Gasteiger partial charge in [0.1, 0.15) is 0 Å². The molecule has 1 saturated heterocycles. The molecule has 106 valence electrons. The van der Waals surface area contributed by atoms with Crippen LogP contribution >= 0.6 is 15.9 Å². The molecule has 2 nitrogen and oxygen atoms in total. The fraction of sp³-hybridized carbons (Fsp3) is 0.625. The molecule has 0 saturated carbocycles. The smallest absolute Gasteiger partial charge is 0.0333 e. The number of hydrogen-bond donors (Lipinski definition) is 1. The van der Waals surface area contributed by atoms with Crippen molar-refractivity contribution in [2.75, 3.05) is 13.1 Å². The van der Waals surface area contributed by atoms with Gasteiger partial charge < -0.3 is 5.32 Å². The first-order valence-corrected chi connectivity index (χ1v) is 8.12. The SMILES string of the molecule is CCC1(CC)CNC(C)CN1Cc1cccc(Br)c1. The Morgan fingerprint density at radius 2 is 2.11 bits per heavy atom. The summed E-state index contributed by atoms with van der Waals surface area (Å²) in [6.45, 7) is 10.2. The maximum absolute atomic E-state index is 3.65.